The van der Waals surface area contributed by atoms with Gasteiger partial charge in [0.15, 0.2) is 5.06 Å². The summed E-state index contributed by atoms with van der Waals surface area (Å²) in [5.41, 5.74) is 1.11. The lowest BCUT2D eigenvalue weighted by molar-refractivity contribution is 0.492. The summed E-state index contributed by atoms with van der Waals surface area (Å²) in [7, 11) is 1.68. The first-order valence-electron chi connectivity index (χ1n) is 9.82. The number of aromatic nitrogens is 2. The number of halogens is 2. The normalized spacial score (nSPS) is 11.2. The lowest BCUT2D eigenvalue weighted by Gasteiger charge is -2.09. The molecule has 0 bridgehead atoms. The Hall–Kier alpha value is -2.54. The molecule has 0 fully saturated rings. The molecule has 31 heavy (non-hydrogen) atoms. The van der Waals surface area contributed by atoms with Gasteiger partial charge in [0.25, 0.3) is 5.56 Å². The molecule has 2 aromatic carbocycles. The van der Waals surface area contributed by atoms with Crippen LogP contribution in [0.15, 0.2) is 58.1 Å². The summed E-state index contributed by atoms with van der Waals surface area (Å²) >= 11 is 13.4. The van der Waals surface area contributed by atoms with Gasteiger partial charge >= 0.3 is 5.69 Å². The first-order valence-corrected chi connectivity index (χ1v) is 11.4. The quantitative estimate of drug-likeness (QED) is 0.351. The molecule has 2 aromatic heterocycles. The number of nitrogens with zero attached hydrogens (tertiary/aromatic N) is 2. The Balaban J connectivity index is 1.95. The molecule has 0 aliphatic carbocycles. The van der Waals surface area contributed by atoms with Crippen LogP contribution in [0, 0.1) is 0 Å². The summed E-state index contributed by atoms with van der Waals surface area (Å²) in [6, 6.07) is 14.5. The molecular weight excluding hydrogens is 455 g/mol. The number of thiophene rings is 1. The molecule has 0 atom stereocenters. The van der Waals surface area contributed by atoms with Crippen LogP contribution in [0.4, 0.5) is 0 Å². The average molecular weight is 475 g/mol. The van der Waals surface area contributed by atoms with Crippen LogP contribution in [-0.2, 0) is 20.0 Å². The van der Waals surface area contributed by atoms with Crippen molar-refractivity contribution in [2.75, 3.05) is 0 Å². The van der Waals surface area contributed by atoms with Crippen LogP contribution < -0.4 is 16.0 Å². The number of hydrogen-bond donors (Lipinski definition) is 0. The number of aryl methyl sites for hydroxylation is 1. The van der Waals surface area contributed by atoms with Gasteiger partial charge < -0.3 is 4.74 Å². The smallest absolute Gasteiger partial charge is 0.331 e. The van der Waals surface area contributed by atoms with Gasteiger partial charge in [-0.15, -0.1) is 0 Å². The van der Waals surface area contributed by atoms with Crippen LogP contribution in [0.3, 0.4) is 0 Å². The van der Waals surface area contributed by atoms with Crippen LogP contribution in [-0.4, -0.2) is 9.13 Å². The third-order valence-electron chi connectivity index (χ3n) is 4.98. The molecule has 0 aliphatic rings. The second kappa shape index (κ2) is 8.91. The van der Waals surface area contributed by atoms with E-state index in [1.54, 1.807) is 31.3 Å². The minimum Gasteiger partial charge on any atom is -0.446 e. The van der Waals surface area contributed by atoms with E-state index in [0.29, 0.717) is 50.5 Å². The third-order valence-corrected chi connectivity index (χ3v) is 6.65. The van der Waals surface area contributed by atoms with E-state index in [0.717, 1.165) is 11.1 Å². The van der Waals surface area contributed by atoms with Gasteiger partial charge in [0.05, 0.1) is 5.39 Å². The van der Waals surface area contributed by atoms with Gasteiger partial charge in [-0.3, -0.25) is 13.9 Å². The molecule has 0 saturated carbocycles. The Morgan fingerprint density at radius 1 is 1.03 bits per heavy atom. The van der Waals surface area contributed by atoms with Gasteiger partial charge in [-0.1, -0.05) is 59.7 Å². The summed E-state index contributed by atoms with van der Waals surface area (Å²) in [5.74, 6) is 0.565. The predicted molar refractivity (Wildman–Crippen MR) is 127 cm³/mol. The van der Waals surface area contributed by atoms with E-state index >= 15 is 0 Å². The highest BCUT2D eigenvalue weighted by atomic mass is 35.5. The van der Waals surface area contributed by atoms with Crippen molar-refractivity contribution in [3.63, 3.8) is 0 Å². The van der Waals surface area contributed by atoms with E-state index in [1.807, 2.05) is 31.2 Å². The Morgan fingerprint density at radius 2 is 1.77 bits per heavy atom. The van der Waals surface area contributed by atoms with E-state index in [4.69, 9.17) is 27.9 Å². The molecule has 0 aliphatic heterocycles. The van der Waals surface area contributed by atoms with E-state index in [-0.39, 0.29) is 11.2 Å². The van der Waals surface area contributed by atoms with Gasteiger partial charge in [0, 0.05) is 35.6 Å². The minimum absolute atomic E-state index is 0.291. The number of fused-ring (bicyclic) bond motifs is 1. The third kappa shape index (κ3) is 4.28. The molecule has 0 amide bonds. The Kier molecular flexibility index (Phi) is 6.23. The molecule has 8 heteroatoms. The van der Waals surface area contributed by atoms with Crippen molar-refractivity contribution < 1.29 is 4.74 Å². The first-order chi connectivity index (χ1) is 14.9. The van der Waals surface area contributed by atoms with Gasteiger partial charge in [0.1, 0.15) is 10.6 Å². The summed E-state index contributed by atoms with van der Waals surface area (Å²) < 4.78 is 8.98. The van der Waals surface area contributed by atoms with Crippen LogP contribution >= 0.6 is 34.5 Å². The molecule has 0 saturated heterocycles. The summed E-state index contributed by atoms with van der Waals surface area (Å²) in [5, 5.41) is 2.26. The van der Waals surface area contributed by atoms with Crippen molar-refractivity contribution in [3.8, 4) is 10.8 Å². The molecule has 0 radical (unpaired) electrons. The Labute approximate surface area is 193 Å². The molecule has 0 N–H and O–H groups in total. The predicted octanol–water partition coefficient (Wildman–Crippen LogP) is 5.86. The van der Waals surface area contributed by atoms with Crippen molar-refractivity contribution in [1.82, 2.24) is 9.13 Å². The minimum atomic E-state index is -0.326. The Bertz CT molecular complexity index is 1370. The fourth-order valence-corrected chi connectivity index (χ4v) is 4.93. The lowest BCUT2D eigenvalue weighted by atomic mass is 10.1. The monoisotopic (exact) mass is 474 g/mol. The van der Waals surface area contributed by atoms with Crippen molar-refractivity contribution in [2.45, 2.75) is 26.3 Å². The maximum absolute atomic E-state index is 13.3. The van der Waals surface area contributed by atoms with E-state index in [1.165, 1.54) is 20.5 Å². The van der Waals surface area contributed by atoms with Crippen molar-refractivity contribution in [3.05, 3.63) is 90.5 Å². The van der Waals surface area contributed by atoms with Crippen LogP contribution in [0.5, 0.6) is 10.8 Å². The van der Waals surface area contributed by atoms with Crippen LogP contribution in [0.2, 0.25) is 10.0 Å². The van der Waals surface area contributed by atoms with E-state index in [9.17, 15) is 9.59 Å². The zero-order valence-corrected chi connectivity index (χ0v) is 19.4. The van der Waals surface area contributed by atoms with Gasteiger partial charge in [-0.05, 0) is 42.3 Å². The molecule has 2 heterocycles. The molecular formula is C23H20Cl2N2O3S. The van der Waals surface area contributed by atoms with Crippen molar-refractivity contribution in [2.24, 2.45) is 7.05 Å². The number of rotatable bonds is 6. The topological polar surface area (TPSA) is 53.2 Å². The molecule has 5 nitrogen and oxygen atoms in total. The second-order valence-electron chi connectivity index (χ2n) is 7.21. The molecule has 0 unspecified atom stereocenters. The second-order valence-corrected chi connectivity index (χ2v) is 9.04. The summed E-state index contributed by atoms with van der Waals surface area (Å²) in [6.07, 6.45) is 1.15. The molecule has 4 rings (SSSR count). The number of benzene rings is 2. The first kappa shape index (κ1) is 21.7. The Morgan fingerprint density at radius 3 is 2.45 bits per heavy atom. The largest absolute Gasteiger partial charge is 0.446 e. The van der Waals surface area contributed by atoms with Crippen LogP contribution in [0.25, 0.3) is 10.2 Å². The summed E-state index contributed by atoms with van der Waals surface area (Å²) in [4.78, 5) is 26.7. The zero-order valence-electron chi connectivity index (χ0n) is 17.0. The highest BCUT2D eigenvalue weighted by Crippen LogP contribution is 2.40. The highest BCUT2D eigenvalue weighted by molar-refractivity contribution is 7.20. The molecule has 4 aromatic rings. The van der Waals surface area contributed by atoms with Crippen molar-refractivity contribution >= 4 is 44.8 Å². The van der Waals surface area contributed by atoms with Gasteiger partial charge in [0.2, 0.25) is 0 Å². The molecule has 160 valence electrons. The van der Waals surface area contributed by atoms with Crippen molar-refractivity contribution in [1.29, 1.82) is 0 Å². The fourth-order valence-electron chi connectivity index (χ4n) is 3.49. The lowest BCUT2D eigenvalue weighted by Crippen LogP contribution is -2.38. The molecule has 0 spiro atoms. The zero-order chi connectivity index (χ0) is 22.1. The number of ether oxygens (including phenoxy) is 1. The fraction of sp³-hybridized carbons (Fsp3) is 0.217. The average Bonchev–Trinajstić information content (AvgIpc) is 3.09. The van der Waals surface area contributed by atoms with E-state index < -0.39 is 0 Å². The van der Waals surface area contributed by atoms with E-state index in [2.05, 4.69) is 0 Å². The maximum Gasteiger partial charge on any atom is 0.331 e. The van der Waals surface area contributed by atoms with Gasteiger partial charge in [-0.2, -0.15) is 0 Å². The van der Waals surface area contributed by atoms with Crippen LogP contribution in [0.1, 0.15) is 24.5 Å². The summed E-state index contributed by atoms with van der Waals surface area (Å²) in [6.45, 7) is 2.30. The van der Waals surface area contributed by atoms with Gasteiger partial charge in [-0.25, -0.2) is 4.79 Å². The SMILES string of the molecule is CCCn1c(=O)c2c(Cc3ccc(Cl)cc3)c(Oc3cccc(Cl)c3)sc2n(C)c1=O. The highest BCUT2D eigenvalue weighted by Gasteiger charge is 2.22. The standard InChI is InChI=1S/C23H20Cl2N2O3S/c1-3-11-27-20(28)19-18(12-14-7-9-15(24)10-8-14)22(31-21(19)26(2)23(27)29)30-17-6-4-5-16(25)13-17/h4-10,13H,3,11-12H2,1-2H3. The number of hydrogen-bond acceptors (Lipinski definition) is 4. The maximum atomic E-state index is 13.3.